The fraction of sp³-hybridized carbons (Fsp3) is 0.333. The van der Waals surface area contributed by atoms with Crippen LogP contribution in [0.4, 0.5) is 0 Å². The molecule has 1 atom stereocenters. The van der Waals surface area contributed by atoms with E-state index in [1.165, 1.54) is 0 Å². The first kappa shape index (κ1) is 19.7. The smallest absolute Gasteiger partial charge is 0.309 e. The summed E-state index contributed by atoms with van der Waals surface area (Å²) in [5.41, 5.74) is 2.23. The quantitative estimate of drug-likeness (QED) is 0.639. The van der Waals surface area contributed by atoms with Gasteiger partial charge in [0.25, 0.3) is 0 Å². The summed E-state index contributed by atoms with van der Waals surface area (Å²) in [7, 11) is 0. The lowest BCUT2D eigenvalue weighted by Crippen LogP contribution is -2.29. The Hall–Kier alpha value is -2.66. The fourth-order valence-electron chi connectivity index (χ4n) is 2.90. The van der Waals surface area contributed by atoms with Crippen LogP contribution in [0.2, 0.25) is 0 Å². The summed E-state index contributed by atoms with van der Waals surface area (Å²) in [6.07, 6.45) is 0.184. The predicted octanol–water partition coefficient (Wildman–Crippen LogP) is 3.41. The van der Waals surface area contributed by atoms with Crippen LogP contribution in [0.15, 0.2) is 60.7 Å². The van der Waals surface area contributed by atoms with E-state index < -0.39 is 17.9 Å². The number of carbonyl (C=O) groups excluding carboxylic acids is 1. The number of esters is 1. The maximum Gasteiger partial charge on any atom is 0.309 e. The molecule has 5 nitrogen and oxygen atoms in total. The van der Waals surface area contributed by atoms with Gasteiger partial charge >= 0.3 is 11.9 Å². The van der Waals surface area contributed by atoms with E-state index in [1.54, 1.807) is 6.92 Å². The molecule has 2 N–H and O–H groups in total. The molecule has 1 unspecified atom stereocenters. The van der Waals surface area contributed by atoms with E-state index in [0.29, 0.717) is 13.0 Å². The van der Waals surface area contributed by atoms with Crippen molar-refractivity contribution in [3.8, 4) is 0 Å². The Morgan fingerprint density at radius 2 is 1.54 bits per heavy atom. The van der Waals surface area contributed by atoms with Gasteiger partial charge in [0.2, 0.25) is 0 Å². The third-order valence-corrected chi connectivity index (χ3v) is 4.15. The van der Waals surface area contributed by atoms with Crippen LogP contribution in [0.1, 0.15) is 36.9 Å². The molecule has 0 aliphatic carbocycles. The lowest BCUT2D eigenvalue weighted by molar-refractivity contribution is -0.152. The lowest BCUT2D eigenvalue weighted by atomic mass is 9.97. The van der Waals surface area contributed by atoms with Crippen molar-refractivity contribution in [3.63, 3.8) is 0 Å². The van der Waals surface area contributed by atoms with Crippen LogP contribution >= 0.6 is 0 Å². The Kier molecular flexibility index (Phi) is 7.83. The standard InChI is InChI=1S/C21H25NO4/c1-2-26-21(25)18(15-19(23)24)13-14-22-20(16-9-5-3-6-10-16)17-11-7-4-8-12-17/h3-12,18,20,22H,2,13-15H2,1H3,(H,23,24). The van der Waals surface area contributed by atoms with Crippen molar-refractivity contribution in [2.75, 3.05) is 13.2 Å². The van der Waals surface area contributed by atoms with Crippen LogP contribution in [-0.4, -0.2) is 30.2 Å². The van der Waals surface area contributed by atoms with Crippen molar-refractivity contribution in [3.05, 3.63) is 71.8 Å². The van der Waals surface area contributed by atoms with Gasteiger partial charge in [0, 0.05) is 0 Å². The Labute approximate surface area is 154 Å². The van der Waals surface area contributed by atoms with E-state index in [-0.39, 0.29) is 19.1 Å². The molecule has 0 fully saturated rings. The molecule has 0 saturated heterocycles. The van der Waals surface area contributed by atoms with E-state index in [2.05, 4.69) is 5.32 Å². The van der Waals surface area contributed by atoms with E-state index in [0.717, 1.165) is 11.1 Å². The summed E-state index contributed by atoms with van der Waals surface area (Å²) in [5.74, 6) is -2.09. The van der Waals surface area contributed by atoms with Gasteiger partial charge in [0.05, 0.1) is 25.0 Å². The maximum atomic E-state index is 12.0. The molecule has 0 amide bonds. The summed E-state index contributed by atoms with van der Waals surface area (Å²) >= 11 is 0. The fourth-order valence-corrected chi connectivity index (χ4v) is 2.90. The monoisotopic (exact) mass is 355 g/mol. The minimum Gasteiger partial charge on any atom is -0.481 e. The van der Waals surface area contributed by atoms with E-state index in [4.69, 9.17) is 9.84 Å². The number of hydrogen-bond donors (Lipinski definition) is 2. The number of aliphatic carboxylic acids is 1. The topological polar surface area (TPSA) is 75.6 Å². The highest BCUT2D eigenvalue weighted by Gasteiger charge is 2.23. The molecule has 0 aliphatic rings. The van der Waals surface area contributed by atoms with Crippen molar-refractivity contribution in [2.24, 2.45) is 5.92 Å². The minimum atomic E-state index is -0.995. The minimum absolute atomic E-state index is 0.0231. The van der Waals surface area contributed by atoms with Gasteiger partial charge in [0.1, 0.15) is 0 Å². The van der Waals surface area contributed by atoms with Crippen LogP contribution in [0, 0.1) is 5.92 Å². The second-order valence-corrected chi connectivity index (χ2v) is 6.04. The Balaban J connectivity index is 2.06. The van der Waals surface area contributed by atoms with E-state index in [1.807, 2.05) is 60.7 Å². The van der Waals surface area contributed by atoms with Gasteiger partial charge in [-0.3, -0.25) is 9.59 Å². The van der Waals surface area contributed by atoms with E-state index >= 15 is 0 Å². The van der Waals surface area contributed by atoms with Gasteiger partial charge in [-0.1, -0.05) is 60.7 Å². The largest absolute Gasteiger partial charge is 0.481 e. The first-order valence-corrected chi connectivity index (χ1v) is 8.83. The third-order valence-electron chi connectivity index (χ3n) is 4.15. The van der Waals surface area contributed by atoms with Crippen molar-refractivity contribution in [1.29, 1.82) is 0 Å². The van der Waals surface area contributed by atoms with Gasteiger partial charge in [-0.25, -0.2) is 0 Å². The maximum absolute atomic E-state index is 12.0. The molecule has 0 heterocycles. The molecule has 0 spiro atoms. The van der Waals surface area contributed by atoms with Gasteiger partial charge in [-0.2, -0.15) is 0 Å². The van der Waals surface area contributed by atoms with Gasteiger partial charge in [-0.05, 0) is 31.0 Å². The predicted molar refractivity (Wildman–Crippen MR) is 99.7 cm³/mol. The Morgan fingerprint density at radius 1 is 1.00 bits per heavy atom. The number of hydrogen-bond acceptors (Lipinski definition) is 4. The lowest BCUT2D eigenvalue weighted by Gasteiger charge is -2.21. The van der Waals surface area contributed by atoms with Crippen molar-refractivity contribution >= 4 is 11.9 Å². The summed E-state index contributed by atoms with van der Waals surface area (Å²) in [4.78, 5) is 23.0. The van der Waals surface area contributed by atoms with Crippen LogP contribution in [0.5, 0.6) is 0 Å². The van der Waals surface area contributed by atoms with Crippen LogP contribution < -0.4 is 5.32 Å². The summed E-state index contributed by atoms with van der Waals surface area (Å²) < 4.78 is 5.00. The van der Waals surface area contributed by atoms with Crippen LogP contribution in [0.25, 0.3) is 0 Å². The van der Waals surface area contributed by atoms with Crippen molar-refractivity contribution < 1.29 is 19.4 Å². The average Bonchev–Trinajstić information content (AvgIpc) is 2.65. The number of ether oxygens (including phenoxy) is 1. The zero-order valence-corrected chi connectivity index (χ0v) is 14.9. The molecule has 0 aliphatic heterocycles. The Morgan fingerprint density at radius 3 is 2.00 bits per heavy atom. The Bertz CT molecular complexity index is 648. The highest BCUT2D eigenvalue weighted by molar-refractivity contribution is 5.79. The molecule has 138 valence electrons. The summed E-state index contributed by atoms with van der Waals surface area (Å²) in [6.45, 7) is 2.47. The molecule has 0 saturated carbocycles. The summed E-state index contributed by atoms with van der Waals surface area (Å²) in [5, 5.41) is 12.5. The molecular formula is C21H25NO4. The highest BCUT2D eigenvalue weighted by atomic mass is 16.5. The van der Waals surface area contributed by atoms with Crippen LogP contribution in [-0.2, 0) is 14.3 Å². The second kappa shape index (κ2) is 10.4. The van der Waals surface area contributed by atoms with Crippen molar-refractivity contribution in [2.45, 2.75) is 25.8 Å². The van der Waals surface area contributed by atoms with Crippen LogP contribution in [0.3, 0.4) is 0 Å². The number of benzene rings is 2. The number of carboxylic acid groups (broad SMARTS) is 1. The van der Waals surface area contributed by atoms with E-state index in [9.17, 15) is 9.59 Å². The SMILES string of the molecule is CCOC(=O)C(CCNC(c1ccccc1)c1ccccc1)CC(=O)O. The first-order valence-electron chi connectivity index (χ1n) is 8.83. The van der Waals surface area contributed by atoms with Gasteiger partial charge in [-0.15, -0.1) is 0 Å². The molecule has 0 bridgehead atoms. The zero-order valence-electron chi connectivity index (χ0n) is 14.9. The third kappa shape index (κ3) is 6.01. The molecule has 26 heavy (non-hydrogen) atoms. The second-order valence-electron chi connectivity index (χ2n) is 6.04. The average molecular weight is 355 g/mol. The highest BCUT2D eigenvalue weighted by Crippen LogP contribution is 2.22. The molecule has 2 rings (SSSR count). The number of carboxylic acids is 1. The summed E-state index contributed by atoms with van der Waals surface area (Å²) in [6, 6.07) is 20.0. The first-order chi connectivity index (χ1) is 12.6. The van der Waals surface area contributed by atoms with Gasteiger partial charge in [0.15, 0.2) is 0 Å². The van der Waals surface area contributed by atoms with Gasteiger partial charge < -0.3 is 15.2 Å². The number of rotatable bonds is 10. The molecule has 5 heteroatoms. The normalized spacial score (nSPS) is 11.9. The molecule has 0 aromatic heterocycles. The molecular weight excluding hydrogens is 330 g/mol. The molecule has 2 aromatic carbocycles. The molecule has 0 radical (unpaired) electrons. The van der Waals surface area contributed by atoms with Crippen molar-refractivity contribution in [1.82, 2.24) is 5.32 Å². The zero-order chi connectivity index (χ0) is 18.8. The number of carbonyl (C=O) groups is 2. The number of nitrogens with one attached hydrogen (secondary N) is 1. The molecule has 2 aromatic rings.